The van der Waals surface area contributed by atoms with Crippen LogP contribution in [0.4, 0.5) is 29.2 Å². The minimum absolute atomic E-state index is 0.0455. The molecule has 0 radical (unpaired) electrons. The number of primary amides is 1. The van der Waals surface area contributed by atoms with Crippen LogP contribution in [0.1, 0.15) is 33.6 Å². The summed E-state index contributed by atoms with van der Waals surface area (Å²) in [5.41, 5.74) is 31.4. The molecule has 2 amide bonds. The van der Waals surface area contributed by atoms with E-state index in [4.69, 9.17) is 33.7 Å². The Morgan fingerprint density at radius 1 is 0.762 bits per heavy atom. The summed E-state index contributed by atoms with van der Waals surface area (Å²) >= 11 is 0. The van der Waals surface area contributed by atoms with Crippen molar-refractivity contribution in [3.8, 4) is 5.75 Å². The molecule has 3 aromatic rings. The molecule has 42 heavy (non-hydrogen) atoms. The van der Waals surface area contributed by atoms with Crippen LogP contribution < -0.4 is 49.1 Å². The zero-order valence-electron chi connectivity index (χ0n) is 23.0. The number of piperidine rings is 2. The van der Waals surface area contributed by atoms with Crippen LogP contribution in [0.25, 0.3) is 0 Å². The third kappa shape index (κ3) is 6.83. The Kier molecular flexibility index (Phi) is 8.35. The van der Waals surface area contributed by atoms with Gasteiger partial charge in [0.1, 0.15) is 5.75 Å². The lowest BCUT2D eigenvalue weighted by Crippen LogP contribution is -2.54. The van der Waals surface area contributed by atoms with E-state index in [0.717, 1.165) is 0 Å². The predicted octanol–water partition coefficient (Wildman–Crippen LogP) is -0.599. The van der Waals surface area contributed by atoms with Gasteiger partial charge in [-0.25, -0.2) is 0 Å². The van der Waals surface area contributed by atoms with Crippen molar-refractivity contribution in [2.75, 3.05) is 46.6 Å². The monoisotopic (exact) mass is 576 g/mol. The van der Waals surface area contributed by atoms with Gasteiger partial charge in [-0.2, -0.15) is 15.0 Å². The number of carbonyl (C=O) groups excluding carboxylic acids is 2. The van der Waals surface area contributed by atoms with Crippen molar-refractivity contribution in [1.82, 2.24) is 15.0 Å². The van der Waals surface area contributed by atoms with Crippen LogP contribution in [0.3, 0.4) is 0 Å². The van der Waals surface area contributed by atoms with E-state index in [9.17, 15) is 14.7 Å². The molecule has 15 nitrogen and oxygen atoms in total. The fourth-order valence-corrected chi connectivity index (χ4v) is 5.22. The summed E-state index contributed by atoms with van der Waals surface area (Å²) < 4.78 is 0. The number of phenolic OH excluding ortho intramolecular Hbond substituents is 1. The van der Waals surface area contributed by atoms with Crippen molar-refractivity contribution < 1.29 is 14.7 Å². The Balaban J connectivity index is 1.38. The maximum atomic E-state index is 12.8. The number of nitrogens with one attached hydrogen (secondary N) is 2. The first-order valence-corrected chi connectivity index (χ1v) is 13.6. The number of amides is 2. The lowest BCUT2D eigenvalue weighted by atomic mass is 10.0. The number of nitrogens with zero attached hydrogens (tertiary/aromatic N) is 5. The van der Waals surface area contributed by atoms with Gasteiger partial charge in [-0.15, -0.1) is 0 Å². The summed E-state index contributed by atoms with van der Waals surface area (Å²) in [7, 11) is 0. The fraction of sp³-hybridized carbons (Fsp3) is 0.370. The molecule has 13 N–H and O–H groups in total. The van der Waals surface area contributed by atoms with Gasteiger partial charge in [-0.05, 0) is 49.2 Å². The predicted molar refractivity (Wildman–Crippen MR) is 160 cm³/mol. The van der Waals surface area contributed by atoms with Crippen molar-refractivity contribution in [2.45, 2.75) is 37.0 Å². The third-order valence-corrected chi connectivity index (χ3v) is 7.13. The van der Waals surface area contributed by atoms with Crippen LogP contribution in [-0.2, 0) is 0 Å². The van der Waals surface area contributed by atoms with E-state index < -0.39 is 11.8 Å². The molecule has 4 atom stereocenters. The van der Waals surface area contributed by atoms with Gasteiger partial charge in [0.05, 0.1) is 5.56 Å². The molecule has 0 unspecified atom stereocenters. The molecule has 2 fully saturated rings. The Labute approximate surface area is 242 Å². The summed E-state index contributed by atoms with van der Waals surface area (Å²) in [5, 5.41) is 16.5. The van der Waals surface area contributed by atoms with Crippen LogP contribution in [0.5, 0.6) is 5.75 Å². The topological polar surface area (TPSA) is 254 Å². The summed E-state index contributed by atoms with van der Waals surface area (Å²) in [4.78, 5) is 41.9. The highest BCUT2D eigenvalue weighted by Gasteiger charge is 2.29. The first-order valence-electron chi connectivity index (χ1n) is 13.6. The lowest BCUT2D eigenvalue weighted by Gasteiger charge is -2.37. The minimum atomic E-state index is -0.572. The number of hydrogen-bond acceptors (Lipinski definition) is 13. The van der Waals surface area contributed by atoms with Gasteiger partial charge < -0.3 is 54.2 Å². The van der Waals surface area contributed by atoms with E-state index in [1.165, 1.54) is 24.3 Å². The number of aromatic nitrogens is 3. The molecule has 0 aliphatic carbocycles. The normalized spacial score (nSPS) is 22.5. The Bertz CT molecular complexity index is 1390. The molecule has 0 saturated carbocycles. The van der Waals surface area contributed by atoms with Crippen LogP contribution in [0.2, 0.25) is 0 Å². The molecule has 2 saturated heterocycles. The largest absolute Gasteiger partial charge is 0.507 e. The number of hydrogen-bond donors (Lipinski definition) is 8. The van der Waals surface area contributed by atoms with Crippen molar-refractivity contribution in [2.24, 2.45) is 28.7 Å². The number of aromatic hydroxyl groups is 1. The van der Waals surface area contributed by atoms with Crippen LogP contribution in [-0.4, -0.2) is 82.2 Å². The highest BCUT2D eigenvalue weighted by molar-refractivity contribution is 6.06. The van der Waals surface area contributed by atoms with E-state index in [2.05, 4.69) is 20.6 Å². The Morgan fingerprint density at radius 2 is 1.26 bits per heavy atom. The van der Waals surface area contributed by atoms with Gasteiger partial charge in [0.25, 0.3) is 5.91 Å². The van der Waals surface area contributed by atoms with Gasteiger partial charge in [0.15, 0.2) is 0 Å². The molecular formula is C27H36N12O3. The summed E-state index contributed by atoms with van der Waals surface area (Å²) in [6.07, 6.45) is 1.40. The van der Waals surface area contributed by atoms with Gasteiger partial charge in [-0.1, -0.05) is 0 Å². The maximum Gasteiger partial charge on any atom is 0.259 e. The quantitative estimate of drug-likeness (QED) is 0.175. The highest BCUT2D eigenvalue weighted by Crippen LogP contribution is 2.27. The van der Waals surface area contributed by atoms with E-state index in [1.54, 1.807) is 18.2 Å². The second-order valence-corrected chi connectivity index (χ2v) is 10.8. The average Bonchev–Trinajstić information content (AvgIpc) is 2.92. The molecule has 5 rings (SSSR count). The summed E-state index contributed by atoms with van der Waals surface area (Å²) in [6, 6.07) is 10.1. The van der Waals surface area contributed by atoms with E-state index in [0.29, 0.717) is 67.9 Å². The molecule has 2 aliphatic rings. The number of carbonyl (C=O) groups is 2. The summed E-state index contributed by atoms with van der Waals surface area (Å²) in [5.74, 6) is -0.335. The molecule has 3 heterocycles. The Morgan fingerprint density at radius 3 is 1.74 bits per heavy atom. The first-order chi connectivity index (χ1) is 20.0. The fourth-order valence-electron chi connectivity index (χ4n) is 5.22. The SMILES string of the molecule is NC(=O)c1ccc(NC(=O)c2ccc(Nc3nc(N4C[C@H](N)C[C@H](N)C4)nc(N4C[C@H](N)C[C@H](N)C4)n3)cc2O)cc1. The van der Waals surface area contributed by atoms with Crippen LogP contribution in [0.15, 0.2) is 42.5 Å². The van der Waals surface area contributed by atoms with Gasteiger partial charge in [0.2, 0.25) is 23.8 Å². The molecule has 0 bridgehead atoms. The number of rotatable bonds is 7. The molecule has 1 aromatic heterocycles. The van der Waals surface area contributed by atoms with Crippen molar-refractivity contribution in [1.29, 1.82) is 0 Å². The minimum Gasteiger partial charge on any atom is -0.507 e. The zero-order valence-corrected chi connectivity index (χ0v) is 23.0. The summed E-state index contributed by atoms with van der Waals surface area (Å²) in [6.45, 7) is 2.13. The van der Waals surface area contributed by atoms with Crippen LogP contribution >= 0.6 is 0 Å². The molecule has 2 aliphatic heterocycles. The molecule has 15 heteroatoms. The highest BCUT2D eigenvalue weighted by atomic mass is 16.3. The third-order valence-electron chi connectivity index (χ3n) is 7.13. The van der Waals surface area contributed by atoms with Gasteiger partial charge >= 0.3 is 0 Å². The standard InChI is InChI=1S/C27H36N12O3/c28-15-7-16(29)11-38(10-15)26-35-25(36-27(37-26)39-12-17(30)8-18(31)13-39)34-20-5-6-21(22(40)9-20)24(42)33-19-3-1-14(2-4-19)23(32)41/h1-6,9,15-18,40H,7-8,10-13,28-31H2,(H2,32,41)(H,33,42)(H,34,35,36,37)/t15-,16+,17-,18+. The number of benzene rings is 2. The van der Waals surface area contributed by atoms with Crippen molar-refractivity contribution in [3.05, 3.63) is 53.6 Å². The smallest absolute Gasteiger partial charge is 0.259 e. The molecular weight excluding hydrogens is 540 g/mol. The average molecular weight is 577 g/mol. The molecule has 2 aromatic carbocycles. The number of nitrogens with two attached hydrogens (primary N) is 5. The second-order valence-electron chi connectivity index (χ2n) is 10.8. The van der Waals surface area contributed by atoms with E-state index >= 15 is 0 Å². The Hall–Kier alpha value is -4.57. The second kappa shape index (κ2) is 12.1. The van der Waals surface area contributed by atoms with Gasteiger partial charge in [-0.3, -0.25) is 9.59 Å². The number of anilines is 5. The maximum absolute atomic E-state index is 12.8. The lowest BCUT2D eigenvalue weighted by molar-refractivity contribution is 0.0998. The van der Waals surface area contributed by atoms with Crippen molar-refractivity contribution >= 4 is 41.0 Å². The van der Waals surface area contributed by atoms with E-state index in [1.807, 2.05) is 9.80 Å². The molecule has 222 valence electrons. The van der Waals surface area contributed by atoms with Crippen molar-refractivity contribution in [3.63, 3.8) is 0 Å². The van der Waals surface area contributed by atoms with Crippen LogP contribution in [0, 0.1) is 0 Å². The van der Waals surface area contributed by atoms with Gasteiger partial charge in [0, 0.05) is 73.4 Å². The first kappa shape index (κ1) is 28.9. The van der Waals surface area contributed by atoms with E-state index in [-0.39, 0.29) is 41.4 Å². The number of phenols is 1. The molecule has 0 spiro atoms. The zero-order chi connectivity index (χ0) is 30.0.